The summed E-state index contributed by atoms with van der Waals surface area (Å²) < 4.78 is 40.8. The van der Waals surface area contributed by atoms with Gasteiger partial charge in [-0.15, -0.1) is 0 Å². The Morgan fingerprint density at radius 1 is 1.08 bits per heavy atom. The number of nitrogens with zero attached hydrogens (tertiary/aromatic N) is 1. The van der Waals surface area contributed by atoms with Gasteiger partial charge in [0.05, 0.1) is 23.9 Å². The van der Waals surface area contributed by atoms with E-state index in [1.165, 1.54) is 19.2 Å². The summed E-state index contributed by atoms with van der Waals surface area (Å²) in [5.74, 6) is -0.352. The van der Waals surface area contributed by atoms with E-state index in [-0.39, 0.29) is 33.2 Å². The van der Waals surface area contributed by atoms with Crippen LogP contribution >= 0.6 is 11.6 Å². The molecule has 1 aliphatic rings. The van der Waals surface area contributed by atoms with Gasteiger partial charge in [-0.05, 0) is 48.2 Å². The Morgan fingerprint density at radius 2 is 1.84 bits per heavy atom. The van der Waals surface area contributed by atoms with Gasteiger partial charge in [0.25, 0.3) is 15.9 Å². The van der Waals surface area contributed by atoms with Gasteiger partial charge >= 0.3 is 0 Å². The number of sulfonamides is 1. The Balaban J connectivity index is 1.74. The van der Waals surface area contributed by atoms with E-state index in [2.05, 4.69) is 4.72 Å². The number of carbonyl (C=O) groups excluding carboxylic acids is 1. The molecule has 1 amide bonds. The van der Waals surface area contributed by atoms with Crippen molar-refractivity contribution in [3.63, 3.8) is 0 Å². The van der Waals surface area contributed by atoms with Gasteiger partial charge in [-0.1, -0.05) is 66.2 Å². The minimum absolute atomic E-state index is 0.0305. The zero-order valence-electron chi connectivity index (χ0n) is 20.9. The summed E-state index contributed by atoms with van der Waals surface area (Å²) in [7, 11) is -1.26. The molecule has 0 bridgehead atoms. The Labute approximate surface area is 222 Å². The summed E-state index contributed by atoms with van der Waals surface area (Å²) >= 11 is 6.41. The summed E-state index contributed by atoms with van der Waals surface area (Å²) in [4.78, 5) is 14.6. The first-order valence-electron chi connectivity index (χ1n) is 11.8. The molecule has 4 rings (SSSR count). The van der Waals surface area contributed by atoms with Crippen LogP contribution in [0.5, 0.6) is 5.75 Å². The quantitative estimate of drug-likeness (QED) is 0.395. The first-order chi connectivity index (χ1) is 17.8. The van der Waals surface area contributed by atoms with Crippen molar-refractivity contribution < 1.29 is 22.7 Å². The molecule has 3 aromatic carbocycles. The van der Waals surface area contributed by atoms with Crippen molar-refractivity contribution in [3.05, 3.63) is 82.9 Å². The number of ether oxygens (including phenoxy) is 2. The van der Waals surface area contributed by atoms with Crippen molar-refractivity contribution in [2.45, 2.75) is 24.3 Å². The van der Waals surface area contributed by atoms with E-state index in [0.29, 0.717) is 30.8 Å². The maximum absolute atomic E-state index is 13.7. The molecule has 1 saturated heterocycles. The number of hydrogen-bond acceptors (Lipinski definition) is 5. The fourth-order valence-corrected chi connectivity index (χ4v) is 6.00. The minimum atomic E-state index is -4.20. The van der Waals surface area contributed by atoms with E-state index in [9.17, 15) is 13.2 Å². The second-order valence-electron chi connectivity index (χ2n) is 8.66. The Morgan fingerprint density at radius 3 is 2.49 bits per heavy atom. The summed E-state index contributed by atoms with van der Waals surface area (Å²) in [6, 6.07) is 18.0. The molecule has 1 atom stereocenters. The van der Waals surface area contributed by atoms with Gasteiger partial charge in [0.2, 0.25) is 0 Å². The van der Waals surface area contributed by atoms with E-state index in [1.54, 1.807) is 18.1 Å². The second kappa shape index (κ2) is 11.4. The van der Waals surface area contributed by atoms with Gasteiger partial charge in [-0.3, -0.25) is 9.52 Å². The summed E-state index contributed by atoms with van der Waals surface area (Å²) in [6.45, 7) is 2.80. The van der Waals surface area contributed by atoms with Crippen LogP contribution < -0.4 is 9.46 Å². The SMILES string of the molecule is C/C=C/c1ccc(-c2ccccc2)cc1NS(=O)(=O)c1cc(C(=O)N2CC[C@@H](OC)C2)cc(Cl)c1OC. The molecule has 37 heavy (non-hydrogen) atoms. The third kappa shape index (κ3) is 5.82. The van der Waals surface area contributed by atoms with Gasteiger partial charge in [0.15, 0.2) is 5.75 Å². The third-order valence-electron chi connectivity index (χ3n) is 6.27. The van der Waals surface area contributed by atoms with Crippen LogP contribution in [0, 0.1) is 0 Å². The number of amides is 1. The van der Waals surface area contributed by atoms with Crippen LogP contribution in [0.4, 0.5) is 5.69 Å². The molecule has 1 N–H and O–H groups in total. The van der Waals surface area contributed by atoms with Gasteiger partial charge in [0.1, 0.15) is 4.90 Å². The lowest BCUT2D eigenvalue weighted by molar-refractivity contribution is 0.0724. The van der Waals surface area contributed by atoms with Crippen LogP contribution in [0.2, 0.25) is 5.02 Å². The molecule has 0 aliphatic carbocycles. The van der Waals surface area contributed by atoms with Crippen molar-refractivity contribution in [2.24, 2.45) is 0 Å². The van der Waals surface area contributed by atoms with E-state index < -0.39 is 10.0 Å². The van der Waals surface area contributed by atoms with Crippen LogP contribution in [-0.2, 0) is 14.8 Å². The van der Waals surface area contributed by atoms with E-state index in [4.69, 9.17) is 21.1 Å². The fourth-order valence-electron chi connectivity index (χ4n) is 4.36. The monoisotopic (exact) mass is 540 g/mol. The number of carbonyl (C=O) groups is 1. The highest BCUT2D eigenvalue weighted by molar-refractivity contribution is 7.92. The number of rotatable bonds is 8. The van der Waals surface area contributed by atoms with Gasteiger partial charge in [-0.2, -0.15) is 0 Å². The zero-order chi connectivity index (χ0) is 26.6. The lowest BCUT2D eigenvalue weighted by Gasteiger charge is -2.19. The van der Waals surface area contributed by atoms with E-state index >= 15 is 0 Å². The Kier molecular flexibility index (Phi) is 8.22. The smallest absolute Gasteiger partial charge is 0.265 e. The van der Waals surface area contributed by atoms with Crippen LogP contribution in [0.3, 0.4) is 0 Å². The number of halogens is 1. The molecule has 0 unspecified atom stereocenters. The number of anilines is 1. The highest BCUT2D eigenvalue weighted by atomic mass is 35.5. The molecule has 194 valence electrons. The number of benzene rings is 3. The molecule has 1 heterocycles. The second-order valence-corrected chi connectivity index (χ2v) is 10.7. The first kappa shape index (κ1) is 26.7. The zero-order valence-corrected chi connectivity index (χ0v) is 22.5. The molecule has 0 aromatic heterocycles. The fraction of sp³-hybridized carbons (Fsp3) is 0.250. The predicted octanol–water partition coefficient (Wildman–Crippen LogP) is 5.71. The molecular formula is C28H29ClN2O5S. The lowest BCUT2D eigenvalue weighted by Crippen LogP contribution is -2.30. The molecule has 0 spiro atoms. The number of nitrogens with one attached hydrogen (secondary N) is 1. The Bertz CT molecular complexity index is 1420. The third-order valence-corrected chi connectivity index (χ3v) is 7.92. The van der Waals surface area contributed by atoms with Crippen LogP contribution in [0.1, 0.15) is 29.3 Å². The molecule has 7 nitrogen and oxygen atoms in total. The minimum Gasteiger partial charge on any atom is -0.494 e. The lowest BCUT2D eigenvalue weighted by atomic mass is 10.0. The van der Waals surface area contributed by atoms with Crippen molar-refractivity contribution in [1.82, 2.24) is 4.90 Å². The van der Waals surface area contributed by atoms with Crippen LogP contribution in [0.25, 0.3) is 17.2 Å². The largest absolute Gasteiger partial charge is 0.494 e. The van der Waals surface area contributed by atoms with Gasteiger partial charge in [-0.25, -0.2) is 8.42 Å². The van der Waals surface area contributed by atoms with E-state index in [0.717, 1.165) is 11.1 Å². The maximum Gasteiger partial charge on any atom is 0.265 e. The summed E-state index contributed by atoms with van der Waals surface area (Å²) in [5.41, 5.74) is 3.03. The highest BCUT2D eigenvalue weighted by Gasteiger charge is 2.30. The predicted molar refractivity (Wildman–Crippen MR) is 147 cm³/mol. The van der Waals surface area contributed by atoms with Gasteiger partial charge < -0.3 is 14.4 Å². The Hall–Kier alpha value is -3.33. The molecule has 0 saturated carbocycles. The maximum atomic E-state index is 13.7. The molecular weight excluding hydrogens is 512 g/mol. The number of methoxy groups -OCH3 is 2. The average Bonchev–Trinajstić information content (AvgIpc) is 3.38. The van der Waals surface area contributed by atoms with Crippen LogP contribution in [0.15, 0.2) is 71.6 Å². The normalized spacial score (nSPS) is 15.8. The molecule has 3 aromatic rings. The number of likely N-dealkylation sites (tertiary alicyclic amines) is 1. The summed E-state index contributed by atoms with van der Waals surface area (Å²) in [6.07, 6.45) is 4.31. The van der Waals surface area contributed by atoms with Crippen molar-refractivity contribution in [2.75, 3.05) is 32.0 Å². The first-order valence-corrected chi connectivity index (χ1v) is 13.7. The molecule has 9 heteroatoms. The highest BCUT2D eigenvalue weighted by Crippen LogP contribution is 2.36. The average molecular weight is 541 g/mol. The summed E-state index contributed by atoms with van der Waals surface area (Å²) in [5, 5.41) is 0.0305. The van der Waals surface area contributed by atoms with Crippen molar-refractivity contribution >= 4 is 39.3 Å². The molecule has 0 radical (unpaired) electrons. The van der Waals surface area contributed by atoms with Crippen molar-refractivity contribution in [1.29, 1.82) is 0 Å². The van der Waals surface area contributed by atoms with E-state index in [1.807, 2.05) is 61.5 Å². The van der Waals surface area contributed by atoms with Crippen LogP contribution in [-0.4, -0.2) is 52.6 Å². The topological polar surface area (TPSA) is 84.9 Å². The molecule has 1 aliphatic heterocycles. The van der Waals surface area contributed by atoms with Crippen molar-refractivity contribution in [3.8, 4) is 16.9 Å². The number of allylic oxidation sites excluding steroid dienone is 1. The van der Waals surface area contributed by atoms with Gasteiger partial charge in [0, 0.05) is 25.8 Å². The standard InChI is InChI=1S/C28H29ClN2O5S/c1-4-8-20-11-12-21(19-9-6-5-7-10-19)16-25(20)30-37(33,34)26-17-22(15-24(29)27(26)36-3)28(32)31-14-13-23(18-31)35-2/h4-12,15-17,23,30H,13-14,18H2,1-3H3/b8-4+/t23-/m1/s1. The number of hydrogen-bond donors (Lipinski definition) is 1. The molecule has 1 fully saturated rings.